The molecule has 2 rings (SSSR count). The Kier molecular flexibility index (Phi) is 9.17. The van der Waals surface area contributed by atoms with Crippen molar-refractivity contribution in [3.63, 3.8) is 0 Å². The van der Waals surface area contributed by atoms with Gasteiger partial charge in [0.25, 0.3) is 0 Å². The van der Waals surface area contributed by atoms with Crippen LogP contribution >= 0.6 is 12.4 Å². The summed E-state index contributed by atoms with van der Waals surface area (Å²) in [6.07, 6.45) is 2.91. The Hall–Kier alpha value is -1.14. The number of benzene rings is 1. The maximum absolute atomic E-state index is 12.4. The van der Waals surface area contributed by atoms with Gasteiger partial charge in [-0.15, -0.1) is 12.4 Å². The summed E-state index contributed by atoms with van der Waals surface area (Å²) < 4.78 is 10.8. The molecule has 1 saturated heterocycles. The number of likely N-dealkylation sites (tertiary alicyclic amines) is 1. The number of rotatable bonds is 7. The van der Waals surface area contributed by atoms with E-state index in [0.717, 1.165) is 38.0 Å². The van der Waals surface area contributed by atoms with Crippen LogP contribution in [0.1, 0.15) is 30.9 Å². The zero-order valence-corrected chi connectivity index (χ0v) is 14.5. The molecule has 5 nitrogen and oxygen atoms in total. The summed E-state index contributed by atoms with van der Waals surface area (Å²) in [4.78, 5) is 14.3. The largest absolute Gasteiger partial charge is 0.385 e. The summed E-state index contributed by atoms with van der Waals surface area (Å²) in [5, 5.41) is 0. The molecule has 1 amide bonds. The van der Waals surface area contributed by atoms with Crippen molar-refractivity contribution >= 4 is 18.3 Å². The lowest BCUT2D eigenvalue weighted by atomic mass is 10.0. The summed E-state index contributed by atoms with van der Waals surface area (Å²) in [5.41, 5.74) is 6.95. The number of hydrogen-bond donors (Lipinski definition) is 1. The van der Waals surface area contributed by atoms with E-state index in [2.05, 4.69) is 0 Å². The van der Waals surface area contributed by atoms with Crippen molar-refractivity contribution in [2.24, 2.45) is 5.73 Å². The van der Waals surface area contributed by atoms with E-state index >= 15 is 0 Å². The van der Waals surface area contributed by atoms with E-state index in [1.165, 1.54) is 0 Å². The first-order valence-corrected chi connectivity index (χ1v) is 7.92. The van der Waals surface area contributed by atoms with Crippen LogP contribution in [0.5, 0.6) is 0 Å². The number of methoxy groups -OCH3 is 1. The van der Waals surface area contributed by atoms with Crippen molar-refractivity contribution in [3.05, 3.63) is 35.9 Å². The molecule has 23 heavy (non-hydrogen) atoms. The molecule has 6 heteroatoms. The van der Waals surface area contributed by atoms with Gasteiger partial charge in [-0.25, -0.2) is 0 Å². The number of ether oxygens (including phenoxy) is 2. The lowest BCUT2D eigenvalue weighted by Gasteiger charge is -2.33. The molecule has 1 atom stereocenters. The van der Waals surface area contributed by atoms with Crippen LogP contribution in [0, 0.1) is 0 Å². The molecule has 1 heterocycles. The van der Waals surface area contributed by atoms with Gasteiger partial charge in [0.05, 0.1) is 6.10 Å². The summed E-state index contributed by atoms with van der Waals surface area (Å²) in [5.74, 6) is 0.00373. The third-order valence-corrected chi connectivity index (χ3v) is 4.02. The normalized spacial score (nSPS) is 16.7. The van der Waals surface area contributed by atoms with Crippen molar-refractivity contribution in [3.8, 4) is 0 Å². The number of amides is 1. The van der Waals surface area contributed by atoms with Gasteiger partial charge >= 0.3 is 0 Å². The molecule has 1 aromatic carbocycles. The third kappa shape index (κ3) is 6.11. The van der Waals surface area contributed by atoms with E-state index < -0.39 is 6.04 Å². The SMILES string of the molecule is COCCCOC1CCN(C(=O)C(N)c2ccccc2)CC1.Cl. The maximum atomic E-state index is 12.4. The van der Waals surface area contributed by atoms with Crippen LogP contribution in [-0.4, -0.2) is 50.3 Å². The Morgan fingerprint density at radius 3 is 2.52 bits per heavy atom. The number of carbonyl (C=O) groups is 1. The first-order valence-electron chi connectivity index (χ1n) is 7.92. The Bertz CT molecular complexity index is 450. The maximum Gasteiger partial charge on any atom is 0.244 e. The summed E-state index contributed by atoms with van der Waals surface area (Å²) in [7, 11) is 1.69. The average Bonchev–Trinajstić information content (AvgIpc) is 2.59. The fourth-order valence-electron chi connectivity index (χ4n) is 2.70. The highest BCUT2D eigenvalue weighted by Crippen LogP contribution is 2.19. The van der Waals surface area contributed by atoms with Crippen molar-refractivity contribution in [1.82, 2.24) is 4.90 Å². The third-order valence-electron chi connectivity index (χ3n) is 4.02. The number of halogens is 1. The first kappa shape index (κ1) is 19.9. The van der Waals surface area contributed by atoms with Crippen LogP contribution in [0.15, 0.2) is 30.3 Å². The lowest BCUT2D eigenvalue weighted by Crippen LogP contribution is -2.45. The van der Waals surface area contributed by atoms with Crippen LogP contribution in [0.2, 0.25) is 0 Å². The molecule has 1 aliphatic rings. The van der Waals surface area contributed by atoms with Crippen molar-refractivity contribution in [2.75, 3.05) is 33.4 Å². The number of carbonyl (C=O) groups excluding carboxylic acids is 1. The fraction of sp³-hybridized carbons (Fsp3) is 0.588. The molecule has 0 radical (unpaired) electrons. The standard InChI is InChI=1S/C17H26N2O3.ClH/c1-21-12-5-13-22-15-8-10-19(11-9-15)17(20)16(18)14-6-3-2-4-7-14;/h2-4,6-7,15-16H,5,8-13,18H2,1H3;1H. The smallest absolute Gasteiger partial charge is 0.244 e. The van der Waals surface area contributed by atoms with E-state index in [-0.39, 0.29) is 24.4 Å². The number of hydrogen-bond acceptors (Lipinski definition) is 4. The van der Waals surface area contributed by atoms with E-state index in [1.807, 2.05) is 35.2 Å². The monoisotopic (exact) mass is 342 g/mol. The highest BCUT2D eigenvalue weighted by atomic mass is 35.5. The molecule has 0 bridgehead atoms. The van der Waals surface area contributed by atoms with Gasteiger partial charge in [0.1, 0.15) is 6.04 Å². The molecule has 0 aromatic heterocycles. The summed E-state index contributed by atoms with van der Waals surface area (Å²) in [6.45, 7) is 2.88. The summed E-state index contributed by atoms with van der Waals surface area (Å²) >= 11 is 0. The fourth-order valence-corrected chi connectivity index (χ4v) is 2.70. The van der Waals surface area contributed by atoms with Crippen molar-refractivity contribution < 1.29 is 14.3 Å². The number of piperidine rings is 1. The molecular weight excluding hydrogens is 316 g/mol. The van der Waals surface area contributed by atoms with Gasteiger partial charge in [-0.2, -0.15) is 0 Å². The molecule has 1 unspecified atom stereocenters. The van der Waals surface area contributed by atoms with Gasteiger partial charge in [-0.05, 0) is 24.8 Å². The first-order chi connectivity index (χ1) is 10.7. The van der Waals surface area contributed by atoms with E-state index in [4.69, 9.17) is 15.2 Å². The average molecular weight is 343 g/mol. The second-order valence-corrected chi connectivity index (χ2v) is 5.63. The van der Waals surface area contributed by atoms with Gasteiger partial charge in [0, 0.05) is 33.4 Å². The van der Waals surface area contributed by atoms with Gasteiger partial charge < -0.3 is 20.1 Å². The molecule has 1 aliphatic heterocycles. The number of nitrogens with zero attached hydrogens (tertiary/aromatic N) is 1. The second kappa shape index (κ2) is 10.6. The molecular formula is C17H27ClN2O3. The van der Waals surface area contributed by atoms with E-state index in [9.17, 15) is 4.79 Å². The number of nitrogens with two attached hydrogens (primary N) is 1. The Balaban J connectivity index is 0.00000264. The molecule has 1 aromatic rings. The van der Waals surface area contributed by atoms with Gasteiger partial charge in [0.2, 0.25) is 5.91 Å². The van der Waals surface area contributed by atoms with Gasteiger partial charge in [-0.1, -0.05) is 30.3 Å². The Morgan fingerprint density at radius 1 is 1.26 bits per heavy atom. The predicted octanol–water partition coefficient (Wildman–Crippen LogP) is 2.15. The molecule has 0 spiro atoms. The zero-order chi connectivity index (χ0) is 15.8. The molecule has 0 saturated carbocycles. The molecule has 130 valence electrons. The van der Waals surface area contributed by atoms with Crippen LogP contribution in [0.4, 0.5) is 0 Å². The van der Waals surface area contributed by atoms with Gasteiger partial charge in [-0.3, -0.25) is 4.79 Å². The highest BCUT2D eigenvalue weighted by molar-refractivity contribution is 5.85. The molecule has 2 N–H and O–H groups in total. The topological polar surface area (TPSA) is 64.8 Å². The van der Waals surface area contributed by atoms with Gasteiger partial charge in [0.15, 0.2) is 0 Å². The Morgan fingerprint density at radius 2 is 1.91 bits per heavy atom. The minimum Gasteiger partial charge on any atom is -0.385 e. The quantitative estimate of drug-likeness (QED) is 0.771. The Labute approximate surface area is 144 Å². The molecule has 0 aliphatic carbocycles. The van der Waals surface area contributed by atoms with Crippen LogP contribution in [0.25, 0.3) is 0 Å². The van der Waals surface area contributed by atoms with Crippen LogP contribution < -0.4 is 5.73 Å². The van der Waals surface area contributed by atoms with Crippen LogP contribution in [-0.2, 0) is 14.3 Å². The predicted molar refractivity (Wildman–Crippen MR) is 92.7 cm³/mol. The second-order valence-electron chi connectivity index (χ2n) is 5.63. The minimum absolute atomic E-state index is 0. The highest BCUT2D eigenvalue weighted by Gasteiger charge is 2.27. The molecule has 1 fully saturated rings. The van der Waals surface area contributed by atoms with Crippen molar-refractivity contribution in [1.29, 1.82) is 0 Å². The zero-order valence-electron chi connectivity index (χ0n) is 13.6. The van der Waals surface area contributed by atoms with Crippen LogP contribution in [0.3, 0.4) is 0 Å². The van der Waals surface area contributed by atoms with Crippen molar-refractivity contribution in [2.45, 2.75) is 31.4 Å². The summed E-state index contributed by atoms with van der Waals surface area (Å²) in [6, 6.07) is 8.96. The minimum atomic E-state index is -0.569. The van der Waals surface area contributed by atoms with E-state index in [0.29, 0.717) is 13.1 Å². The van der Waals surface area contributed by atoms with E-state index in [1.54, 1.807) is 7.11 Å². The lowest BCUT2D eigenvalue weighted by molar-refractivity contribution is -0.135.